The summed E-state index contributed by atoms with van der Waals surface area (Å²) >= 11 is 0. The summed E-state index contributed by atoms with van der Waals surface area (Å²) < 4.78 is 33.6. The van der Waals surface area contributed by atoms with Crippen LogP contribution in [-0.2, 0) is 16.6 Å². The first-order valence-corrected chi connectivity index (χ1v) is 13.0. The van der Waals surface area contributed by atoms with Crippen molar-refractivity contribution in [2.75, 3.05) is 25.2 Å². The number of hydrogen-bond donors (Lipinski definition) is 1. The predicted molar refractivity (Wildman–Crippen MR) is 134 cm³/mol. The molecule has 1 unspecified atom stereocenters. The topological polar surface area (TPSA) is 102 Å². The van der Waals surface area contributed by atoms with Crippen LogP contribution in [-0.4, -0.2) is 52.2 Å². The number of anilines is 2. The molecule has 5 rings (SSSR count). The zero-order chi connectivity index (χ0) is 24.6. The number of methoxy groups -OCH3 is 1. The molecule has 35 heavy (non-hydrogen) atoms. The van der Waals surface area contributed by atoms with Crippen molar-refractivity contribution in [3.8, 4) is 11.4 Å². The van der Waals surface area contributed by atoms with E-state index >= 15 is 0 Å². The monoisotopic (exact) mass is 490 g/mol. The lowest BCUT2D eigenvalue weighted by atomic mass is 9.90. The van der Waals surface area contributed by atoms with Crippen LogP contribution in [0.2, 0.25) is 0 Å². The minimum atomic E-state index is -3.36. The smallest absolute Gasteiger partial charge is 0.227 e. The van der Waals surface area contributed by atoms with Crippen LogP contribution >= 0.6 is 0 Å². The normalized spacial score (nSPS) is 16.0. The van der Waals surface area contributed by atoms with E-state index in [-0.39, 0.29) is 12.5 Å². The van der Waals surface area contributed by atoms with Crippen LogP contribution in [0.1, 0.15) is 28.4 Å². The molecule has 2 aromatic carbocycles. The fourth-order valence-electron chi connectivity index (χ4n) is 4.30. The van der Waals surface area contributed by atoms with Gasteiger partial charge in [-0.25, -0.2) is 23.4 Å². The second-order valence-electron chi connectivity index (χ2n) is 8.56. The van der Waals surface area contributed by atoms with Gasteiger partial charge in [-0.1, -0.05) is 30.3 Å². The van der Waals surface area contributed by atoms with E-state index in [1.807, 2.05) is 66.2 Å². The Balaban J connectivity index is 1.48. The Morgan fingerprint density at radius 3 is 2.60 bits per heavy atom. The summed E-state index contributed by atoms with van der Waals surface area (Å²) in [6.07, 6.45) is 6.62. The van der Waals surface area contributed by atoms with Gasteiger partial charge in [0.1, 0.15) is 5.75 Å². The van der Waals surface area contributed by atoms with Gasteiger partial charge in [-0.15, -0.1) is 0 Å². The first kappa shape index (κ1) is 23.0. The second kappa shape index (κ2) is 9.12. The van der Waals surface area contributed by atoms with Crippen LogP contribution in [0.15, 0.2) is 67.3 Å². The van der Waals surface area contributed by atoms with Crippen LogP contribution in [0.4, 0.5) is 11.6 Å². The molecule has 0 fully saturated rings. The van der Waals surface area contributed by atoms with Gasteiger partial charge in [0.25, 0.3) is 0 Å². The van der Waals surface area contributed by atoms with Gasteiger partial charge in [-0.3, -0.25) is 0 Å². The van der Waals surface area contributed by atoms with Gasteiger partial charge in [0.2, 0.25) is 16.0 Å². The highest BCUT2D eigenvalue weighted by Crippen LogP contribution is 2.34. The minimum absolute atomic E-state index is 0.195. The molecule has 0 aliphatic carbocycles. The zero-order valence-electron chi connectivity index (χ0n) is 19.7. The summed E-state index contributed by atoms with van der Waals surface area (Å²) in [5.41, 5.74) is 5.19. The molecule has 1 aliphatic rings. The van der Waals surface area contributed by atoms with E-state index in [1.54, 1.807) is 19.6 Å². The summed E-state index contributed by atoms with van der Waals surface area (Å²) in [6, 6.07) is 15.6. The molecule has 180 valence electrons. The molecular weight excluding hydrogens is 464 g/mol. The number of benzene rings is 2. The fraction of sp³-hybridized carbons (Fsp3) is 0.240. The van der Waals surface area contributed by atoms with E-state index in [4.69, 9.17) is 9.72 Å². The van der Waals surface area contributed by atoms with Crippen LogP contribution < -0.4 is 10.1 Å². The Morgan fingerprint density at radius 1 is 1.11 bits per heavy atom. The van der Waals surface area contributed by atoms with Crippen LogP contribution in [0, 0.1) is 6.92 Å². The van der Waals surface area contributed by atoms with E-state index in [1.165, 1.54) is 10.6 Å². The molecule has 3 heterocycles. The van der Waals surface area contributed by atoms with Gasteiger partial charge >= 0.3 is 0 Å². The van der Waals surface area contributed by atoms with Gasteiger partial charge in [0.05, 0.1) is 36.8 Å². The first-order valence-electron chi connectivity index (χ1n) is 11.1. The molecule has 10 heteroatoms. The standard InChI is InChI=1S/C25H26N6O3S/c1-17-13-30(16-27-17)22-10-9-20(11-23(22)34-2)28-25-26-12-19-14-31(35(3,32)33)15-21(24(19)29-25)18-7-5-4-6-8-18/h4-13,16,21H,14-15H2,1-3H3,(H,26,28,29). The van der Waals surface area contributed by atoms with Crippen LogP contribution in [0.25, 0.3) is 5.69 Å². The Morgan fingerprint density at radius 2 is 1.91 bits per heavy atom. The maximum atomic E-state index is 12.3. The van der Waals surface area contributed by atoms with E-state index in [2.05, 4.69) is 15.3 Å². The summed E-state index contributed by atoms with van der Waals surface area (Å²) in [5, 5.41) is 3.27. The van der Waals surface area contributed by atoms with E-state index < -0.39 is 10.0 Å². The van der Waals surface area contributed by atoms with Crippen LogP contribution in [0.3, 0.4) is 0 Å². The third-order valence-electron chi connectivity index (χ3n) is 6.06. The number of aromatic nitrogens is 4. The molecule has 1 N–H and O–H groups in total. The van der Waals surface area contributed by atoms with Crippen molar-refractivity contribution in [2.45, 2.75) is 19.4 Å². The Labute approximate surface area is 204 Å². The minimum Gasteiger partial charge on any atom is -0.494 e. The Hall–Kier alpha value is -3.76. The van der Waals surface area contributed by atoms with Gasteiger partial charge in [-0.2, -0.15) is 4.31 Å². The molecule has 0 amide bonds. The number of sulfonamides is 1. The van der Waals surface area contributed by atoms with Crippen LogP contribution in [0.5, 0.6) is 5.75 Å². The maximum absolute atomic E-state index is 12.3. The van der Waals surface area contributed by atoms with Gasteiger partial charge in [-0.05, 0) is 24.6 Å². The molecule has 0 radical (unpaired) electrons. The lowest BCUT2D eigenvalue weighted by Gasteiger charge is -2.32. The summed E-state index contributed by atoms with van der Waals surface area (Å²) in [7, 11) is -1.73. The molecule has 1 atom stereocenters. The summed E-state index contributed by atoms with van der Waals surface area (Å²) in [4.78, 5) is 13.6. The molecule has 9 nitrogen and oxygen atoms in total. The zero-order valence-corrected chi connectivity index (χ0v) is 20.5. The summed E-state index contributed by atoms with van der Waals surface area (Å²) in [5.74, 6) is 0.918. The van der Waals surface area contributed by atoms with E-state index in [0.717, 1.165) is 33.9 Å². The number of nitrogens with one attached hydrogen (secondary N) is 1. The summed E-state index contributed by atoms with van der Waals surface area (Å²) in [6.45, 7) is 2.52. The Bertz CT molecular complexity index is 1470. The van der Waals surface area contributed by atoms with Crippen molar-refractivity contribution in [1.82, 2.24) is 23.8 Å². The average molecular weight is 491 g/mol. The molecular formula is C25H26N6O3S. The van der Waals surface area contributed by atoms with Crippen molar-refractivity contribution < 1.29 is 13.2 Å². The second-order valence-corrected chi connectivity index (χ2v) is 10.5. The number of imidazole rings is 1. The molecule has 2 aromatic heterocycles. The number of fused-ring (bicyclic) bond motifs is 1. The van der Waals surface area contributed by atoms with Gasteiger partial charge < -0.3 is 14.6 Å². The molecule has 0 spiro atoms. The highest BCUT2D eigenvalue weighted by Gasteiger charge is 2.32. The third-order valence-corrected chi connectivity index (χ3v) is 7.27. The highest BCUT2D eigenvalue weighted by atomic mass is 32.2. The lowest BCUT2D eigenvalue weighted by molar-refractivity contribution is 0.369. The predicted octanol–water partition coefficient (Wildman–Crippen LogP) is 3.63. The Kier molecular flexibility index (Phi) is 6.00. The maximum Gasteiger partial charge on any atom is 0.227 e. The quantitative estimate of drug-likeness (QED) is 0.440. The van der Waals surface area contributed by atoms with Gasteiger partial charge in [0.15, 0.2) is 0 Å². The van der Waals surface area contributed by atoms with E-state index in [9.17, 15) is 8.42 Å². The molecule has 1 aliphatic heterocycles. The SMILES string of the molecule is COc1cc(Nc2ncc3c(n2)C(c2ccccc2)CN(S(C)(=O)=O)C3)ccc1-n1cnc(C)c1. The highest BCUT2D eigenvalue weighted by molar-refractivity contribution is 7.88. The van der Waals surface area contributed by atoms with E-state index in [0.29, 0.717) is 18.2 Å². The van der Waals surface area contributed by atoms with Crippen molar-refractivity contribution >= 4 is 21.7 Å². The molecule has 4 aromatic rings. The first-order chi connectivity index (χ1) is 16.8. The van der Waals surface area contributed by atoms with Crippen molar-refractivity contribution in [3.05, 3.63) is 89.8 Å². The number of aryl methyl sites for hydroxylation is 1. The molecule has 0 saturated carbocycles. The van der Waals surface area contributed by atoms with Crippen molar-refractivity contribution in [2.24, 2.45) is 0 Å². The number of nitrogens with zero attached hydrogens (tertiary/aromatic N) is 5. The van der Waals surface area contributed by atoms with Crippen molar-refractivity contribution in [3.63, 3.8) is 0 Å². The fourth-order valence-corrected chi connectivity index (χ4v) is 5.09. The number of rotatable bonds is 6. The lowest BCUT2D eigenvalue weighted by Crippen LogP contribution is -2.38. The number of ether oxygens (including phenoxy) is 1. The molecule has 0 saturated heterocycles. The molecule has 0 bridgehead atoms. The van der Waals surface area contributed by atoms with Gasteiger partial charge in [0, 0.05) is 48.7 Å². The third kappa shape index (κ3) is 4.75. The van der Waals surface area contributed by atoms with Crippen molar-refractivity contribution in [1.29, 1.82) is 0 Å². The average Bonchev–Trinajstić information content (AvgIpc) is 3.29. The largest absolute Gasteiger partial charge is 0.494 e. The number of hydrogen-bond acceptors (Lipinski definition) is 7.